The van der Waals surface area contributed by atoms with E-state index in [1.54, 1.807) is 67.8 Å². The van der Waals surface area contributed by atoms with Gasteiger partial charge in [-0.3, -0.25) is 19.8 Å². The Morgan fingerprint density at radius 3 is 2.29 bits per heavy atom. The van der Waals surface area contributed by atoms with Crippen molar-refractivity contribution >= 4 is 64.1 Å². The van der Waals surface area contributed by atoms with Crippen LogP contribution >= 0.6 is 35.4 Å². The molecule has 1 heterocycles. The van der Waals surface area contributed by atoms with Gasteiger partial charge < -0.3 is 14.2 Å². The van der Waals surface area contributed by atoms with Gasteiger partial charge in [-0.25, -0.2) is 0 Å². The van der Waals surface area contributed by atoms with E-state index in [0.717, 1.165) is 0 Å². The highest BCUT2D eigenvalue weighted by molar-refractivity contribution is 7.80. The molecule has 206 valence electrons. The van der Waals surface area contributed by atoms with Gasteiger partial charge in [0.1, 0.15) is 35.2 Å². The Kier molecular flexibility index (Phi) is 8.54. The molecule has 4 aromatic rings. The molecule has 1 aliphatic heterocycles. The molecule has 0 unspecified atom stereocenters. The first kappa shape index (κ1) is 28.2. The van der Waals surface area contributed by atoms with Crippen LogP contribution in [0.2, 0.25) is 10.0 Å². The smallest absolute Gasteiger partial charge is 0.270 e. The fourth-order valence-corrected chi connectivity index (χ4v) is 4.84. The Balaban J connectivity index is 1.38. The Labute approximate surface area is 251 Å². The van der Waals surface area contributed by atoms with Crippen LogP contribution in [0.1, 0.15) is 11.1 Å². The largest absolute Gasteiger partial charge is 0.496 e. The number of amides is 2. The second-order valence-electron chi connectivity index (χ2n) is 8.80. The van der Waals surface area contributed by atoms with Crippen LogP contribution < -0.4 is 24.4 Å². The minimum absolute atomic E-state index is 0.0162. The van der Waals surface area contributed by atoms with E-state index in [2.05, 4.69) is 5.32 Å². The molecule has 7 nitrogen and oxygen atoms in total. The topological polar surface area (TPSA) is 77.1 Å². The van der Waals surface area contributed by atoms with Gasteiger partial charge in [-0.15, -0.1) is 0 Å². The van der Waals surface area contributed by atoms with E-state index in [-0.39, 0.29) is 17.3 Å². The second kappa shape index (κ2) is 12.4. The first-order valence-electron chi connectivity index (χ1n) is 12.3. The van der Waals surface area contributed by atoms with E-state index in [1.165, 1.54) is 11.0 Å². The summed E-state index contributed by atoms with van der Waals surface area (Å²) < 4.78 is 17.2. The van der Waals surface area contributed by atoms with Crippen LogP contribution in [-0.4, -0.2) is 24.0 Å². The van der Waals surface area contributed by atoms with Crippen LogP contribution in [0.15, 0.2) is 96.6 Å². The van der Waals surface area contributed by atoms with Crippen molar-refractivity contribution in [2.24, 2.45) is 0 Å². The molecule has 1 N–H and O–H groups in total. The van der Waals surface area contributed by atoms with Gasteiger partial charge in [0, 0.05) is 10.6 Å². The number of carbonyl (C=O) groups is 2. The van der Waals surface area contributed by atoms with Gasteiger partial charge in [0.2, 0.25) is 0 Å². The zero-order valence-electron chi connectivity index (χ0n) is 21.6. The molecule has 0 spiro atoms. The van der Waals surface area contributed by atoms with Gasteiger partial charge in [-0.05, 0) is 90.6 Å². The zero-order valence-corrected chi connectivity index (χ0v) is 23.9. The Morgan fingerprint density at radius 1 is 0.878 bits per heavy atom. The Hall–Kier alpha value is -4.37. The summed E-state index contributed by atoms with van der Waals surface area (Å²) in [6.07, 6.45) is 1.50. The number of thiocarbonyl (C=S) groups is 1. The summed E-state index contributed by atoms with van der Waals surface area (Å²) in [5.41, 5.74) is 1.67. The number of anilines is 1. The summed E-state index contributed by atoms with van der Waals surface area (Å²) in [5.74, 6) is 1.13. The second-order valence-corrected chi connectivity index (χ2v) is 10.0. The Morgan fingerprint density at radius 2 is 1.59 bits per heavy atom. The monoisotopic (exact) mass is 604 g/mol. The first-order valence-corrected chi connectivity index (χ1v) is 13.5. The predicted octanol–water partition coefficient (Wildman–Crippen LogP) is 7.20. The molecule has 0 aliphatic carbocycles. The average Bonchev–Trinajstić information content (AvgIpc) is 2.96. The van der Waals surface area contributed by atoms with Gasteiger partial charge in [-0.2, -0.15) is 0 Å². The lowest BCUT2D eigenvalue weighted by atomic mass is 10.0. The maximum atomic E-state index is 13.5. The molecule has 1 aliphatic rings. The molecule has 1 saturated heterocycles. The van der Waals surface area contributed by atoms with Crippen molar-refractivity contribution in [3.63, 3.8) is 0 Å². The lowest BCUT2D eigenvalue weighted by Gasteiger charge is -2.29. The number of methoxy groups -OCH3 is 1. The van der Waals surface area contributed by atoms with Crippen molar-refractivity contribution in [1.82, 2.24) is 5.32 Å². The zero-order chi connectivity index (χ0) is 28.9. The van der Waals surface area contributed by atoms with Crippen molar-refractivity contribution in [3.8, 4) is 23.0 Å². The highest BCUT2D eigenvalue weighted by Crippen LogP contribution is 2.31. The quantitative estimate of drug-likeness (QED) is 0.130. The van der Waals surface area contributed by atoms with E-state index >= 15 is 0 Å². The Bertz CT molecular complexity index is 1660. The van der Waals surface area contributed by atoms with Crippen molar-refractivity contribution in [2.45, 2.75) is 6.61 Å². The van der Waals surface area contributed by atoms with Gasteiger partial charge >= 0.3 is 0 Å². The lowest BCUT2D eigenvalue weighted by molar-refractivity contribution is -0.122. The molecule has 1 fully saturated rings. The molecule has 0 saturated carbocycles. The molecule has 10 heteroatoms. The maximum absolute atomic E-state index is 13.5. The van der Waals surface area contributed by atoms with E-state index in [1.807, 2.05) is 30.3 Å². The van der Waals surface area contributed by atoms with Crippen LogP contribution in [-0.2, 0) is 16.2 Å². The molecular weight excluding hydrogens is 583 g/mol. The number of rotatable bonds is 8. The summed E-state index contributed by atoms with van der Waals surface area (Å²) in [6.45, 7) is 0.120. The number of hydrogen-bond donors (Lipinski definition) is 1. The summed E-state index contributed by atoms with van der Waals surface area (Å²) in [4.78, 5) is 27.6. The van der Waals surface area contributed by atoms with Crippen LogP contribution in [0.3, 0.4) is 0 Å². The third kappa shape index (κ3) is 6.52. The minimum Gasteiger partial charge on any atom is -0.496 e. The number of nitrogens with zero attached hydrogens (tertiary/aromatic N) is 1. The molecule has 0 radical (unpaired) electrons. The van der Waals surface area contributed by atoms with Crippen molar-refractivity contribution in [1.29, 1.82) is 0 Å². The molecule has 2 amide bonds. The van der Waals surface area contributed by atoms with E-state index < -0.39 is 11.8 Å². The number of benzene rings is 4. The normalized spacial score (nSPS) is 14.2. The number of ether oxygens (including phenoxy) is 3. The molecule has 0 atom stereocenters. The van der Waals surface area contributed by atoms with Gasteiger partial charge in [0.05, 0.1) is 17.8 Å². The van der Waals surface area contributed by atoms with E-state index in [9.17, 15) is 9.59 Å². The van der Waals surface area contributed by atoms with Crippen LogP contribution in [0.25, 0.3) is 6.08 Å². The van der Waals surface area contributed by atoms with Crippen molar-refractivity contribution in [2.75, 3.05) is 12.0 Å². The fourth-order valence-electron chi connectivity index (χ4n) is 4.10. The standard InChI is InChI=1S/C31H22Cl2N2O5S/c1-38-27-13-7-19(15-20(27)18-39-28-14-8-21(32)17-26(28)33)16-25-29(36)34-31(41)35(30(25)37)22-9-11-24(12-10-22)40-23-5-3-2-4-6-23/h2-17H,18H2,1H3,(H,34,36,41). The first-order chi connectivity index (χ1) is 19.8. The van der Waals surface area contributed by atoms with E-state index in [0.29, 0.717) is 49.9 Å². The average molecular weight is 605 g/mol. The molecule has 5 rings (SSSR count). The van der Waals surface area contributed by atoms with Crippen LogP contribution in [0, 0.1) is 0 Å². The number of carbonyl (C=O) groups excluding carboxylic acids is 2. The lowest BCUT2D eigenvalue weighted by Crippen LogP contribution is -2.54. The molecule has 4 aromatic carbocycles. The third-order valence-corrected chi connectivity index (χ3v) is 6.88. The van der Waals surface area contributed by atoms with Gasteiger partial charge in [-0.1, -0.05) is 47.5 Å². The number of hydrogen-bond acceptors (Lipinski definition) is 6. The molecular formula is C31H22Cl2N2O5S. The molecule has 0 aromatic heterocycles. The SMILES string of the molecule is COc1ccc(C=C2C(=O)NC(=S)N(c3ccc(Oc4ccccc4)cc3)C2=O)cc1COc1ccc(Cl)cc1Cl. The predicted molar refractivity (Wildman–Crippen MR) is 163 cm³/mol. The molecule has 0 bridgehead atoms. The highest BCUT2D eigenvalue weighted by atomic mass is 35.5. The highest BCUT2D eigenvalue weighted by Gasteiger charge is 2.34. The van der Waals surface area contributed by atoms with Crippen LogP contribution in [0.5, 0.6) is 23.0 Å². The summed E-state index contributed by atoms with van der Waals surface area (Å²) in [5, 5.41) is 3.45. The number of para-hydroxylation sites is 1. The fraction of sp³-hybridized carbons (Fsp3) is 0.0645. The minimum atomic E-state index is -0.596. The number of nitrogens with one attached hydrogen (secondary N) is 1. The summed E-state index contributed by atoms with van der Waals surface area (Å²) in [7, 11) is 1.54. The van der Waals surface area contributed by atoms with Crippen molar-refractivity contribution in [3.05, 3.63) is 118 Å². The third-order valence-electron chi connectivity index (χ3n) is 6.07. The van der Waals surface area contributed by atoms with Crippen molar-refractivity contribution < 1.29 is 23.8 Å². The maximum Gasteiger partial charge on any atom is 0.270 e. The van der Waals surface area contributed by atoms with Gasteiger partial charge in [0.25, 0.3) is 11.8 Å². The van der Waals surface area contributed by atoms with E-state index in [4.69, 9.17) is 49.6 Å². The summed E-state index contributed by atoms with van der Waals surface area (Å²) >= 11 is 17.5. The molecule has 41 heavy (non-hydrogen) atoms. The van der Waals surface area contributed by atoms with Gasteiger partial charge in [0.15, 0.2) is 5.11 Å². The number of halogens is 2. The van der Waals surface area contributed by atoms with Crippen LogP contribution in [0.4, 0.5) is 5.69 Å². The summed E-state index contributed by atoms with van der Waals surface area (Å²) in [6, 6.07) is 26.3.